The second kappa shape index (κ2) is 11.0. The summed E-state index contributed by atoms with van der Waals surface area (Å²) in [5, 5.41) is 4.44. The van der Waals surface area contributed by atoms with E-state index in [0.29, 0.717) is 5.56 Å². The first-order valence-electron chi connectivity index (χ1n) is 10.4. The first-order valence-corrected chi connectivity index (χ1v) is 10.4. The van der Waals surface area contributed by atoms with Crippen LogP contribution in [0.3, 0.4) is 0 Å². The monoisotopic (exact) mass is 515 g/mol. The summed E-state index contributed by atoms with van der Waals surface area (Å²) in [6.07, 6.45) is -3.69. The number of pyridine rings is 1. The number of carbonyl (C=O) groups is 2. The highest BCUT2D eigenvalue weighted by Gasteiger charge is 2.48. The highest BCUT2D eigenvalue weighted by atomic mass is 35.5. The first-order chi connectivity index (χ1) is 15.4. The van der Waals surface area contributed by atoms with E-state index in [4.69, 9.17) is 10.5 Å². The third kappa shape index (κ3) is 6.66. The molecule has 2 fully saturated rings. The second-order valence-corrected chi connectivity index (χ2v) is 8.35. The van der Waals surface area contributed by atoms with Gasteiger partial charge in [0, 0.05) is 26.1 Å². The van der Waals surface area contributed by atoms with Crippen LogP contribution in [-0.4, -0.2) is 66.3 Å². The molecule has 34 heavy (non-hydrogen) atoms. The van der Waals surface area contributed by atoms with Crippen LogP contribution in [0.1, 0.15) is 37.3 Å². The number of amides is 3. The van der Waals surface area contributed by atoms with Crippen molar-refractivity contribution in [3.8, 4) is 0 Å². The lowest BCUT2D eigenvalue weighted by Gasteiger charge is -2.31. The van der Waals surface area contributed by atoms with E-state index in [1.165, 1.54) is 25.4 Å². The molecular formula is C20H27ClF5N5O3. The maximum Gasteiger partial charge on any atom is 0.410 e. The minimum Gasteiger partial charge on any atom is -0.382 e. The topological polar surface area (TPSA) is 110 Å². The van der Waals surface area contributed by atoms with Gasteiger partial charge in [-0.15, -0.1) is 12.4 Å². The zero-order chi connectivity index (χ0) is 24.4. The standard InChI is InChI=1S/C20H26F5N5O3.ClH/c1-33-10-13(30-9-14(20(23,24)25)28-18(30)32)12-4-7-27-15(8-12)29-17(31)16(26)11-2-5-19(21,22)6-3-11;/h4,7-8,11,13-14,16H,2-3,5-6,9-10,26H2,1H3,(H,28,32)(H,27,29,31);1H/t13-,14+,16+;/m1./s1. The number of methoxy groups -OCH3 is 1. The van der Waals surface area contributed by atoms with Gasteiger partial charge in [0.25, 0.3) is 0 Å². The summed E-state index contributed by atoms with van der Waals surface area (Å²) in [6, 6.07) is -1.87. The number of hydrogen-bond donors (Lipinski definition) is 3. The molecule has 0 bridgehead atoms. The van der Waals surface area contributed by atoms with E-state index in [1.807, 2.05) is 5.32 Å². The van der Waals surface area contributed by atoms with E-state index in [-0.39, 0.29) is 50.5 Å². The van der Waals surface area contributed by atoms with Crippen LogP contribution < -0.4 is 16.4 Å². The van der Waals surface area contributed by atoms with Crippen LogP contribution in [0.15, 0.2) is 18.3 Å². The Morgan fingerprint density at radius 2 is 2.03 bits per heavy atom. The van der Waals surface area contributed by atoms with E-state index in [2.05, 4.69) is 10.3 Å². The average Bonchev–Trinajstić information content (AvgIpc) is 3.13. The Hall–Kier alpha value is -2.25. The Bertz CT molecular complexity index is 865. The number of hydrogen-bond acceptors (Lipinski definition) is 5. The van der Waals surface area contributed by atoms with Crippen LogP contribution in [0.4, 0.5) is 32.6 Å². The molecule has 1 aliphatic carbocycles. The summed E-state index contributed by atoms with van der Waals surface area (Å²) in [6.45, 7) is -0.692. The van der Waals surface area contributed by atoms with Gasteiger partial charge in [-0.1, -0.05) is 0 Å². The number of alkyl halides is 5. The van der Waals surface area contributed by atoms with Gasteiger partial charge in [-0.25, -0.2) is 18.6 Å². The summed E-state index contributed by atoms with van der Waals surface area (Å²) in [5.74, 6) is -3.68. The van der Waals surface area contributed by atoms with Crippen LogP contribution in [0.25, 0.3) is 0 Å². The fraction of sp³-hybridized carbons (Fsp3) is 0.650. The van der Waals surface area contributed by atoms with Gasteiger partial charge in [-0.2, -0.15) is 13.2 Å². The van der Waals surface area contributed by atoms with Gasteiger partial charge in [0.1, 0.15) is 11.9 Å². The zero-order valence-corrected chi connectivity index (χ0v) is 19.1. The summed E-state index contributed by atoms with van der Waals surface area (Å²) in [7, 11) is 1.35. The summed E-state index contributed by atoms with van der Waals surface area (Å²) in [5.41, 5.74) is 6.37. The SMILES string of the molecule is COC[C@H](c1ccnc(NC(=O)[C@@H](N)C2CCC(F)(F)CC2)c1)N1C[C@@H](C(F)(F)F)NC1=O.Cl. The summed E-state index contributed by atoms with van der Waals surface area (Å²) in [4.78, 5) is 29.8. The molecule has 2 heterocycles. The number of urea groups is 1. The number of rotatable bonds is 7. The van der Waals surface area contributed by atoms with Gasteiger partial charge < -0.3 is 26.0 Å². The van der Waals surface area contributed by atoms with Gasteiger partial charge in [-0.05, 0) is 36.5 Å². The maximum absolute atomic E-state index is 13.4. The molecule has 1 saturated carbocycles. The van der Waals surface area contributed by atoms with Crippen molar-refractivity contribution in [2.45, 2.75) is 55.9 Å². The molecule has 3 atom stereocenters. The Morgan fingerprint density at radius 1 is 1.38 bits per heavy atom. The van der Waals surface area contributed by atoms with Crippen molar-refractivity contribution in [3.63, 3.8) is 0 Å². The molecule has 0 unspecified atom stereocenters. The van der Waals surface area contributed by atoms with Crippen LogP contribution in [0, 0.1) is 5.92 Å². The zero-order valence-electron chi connectivity index (χ0n) is 18.3. The predicted octanol–water partition coefficient (Wildman–Crippen LogP) is 3.24. The highest BCUT2D eigenvalue weighted by Crippen LogP contribution is 2.37. The van der Waals surface area contributed by atoms with Crippen LogP contribution in [0.2, 0.25) is 0 Å². The van der Waals surface area contributed by atoms with Crippen LogP contribution in [0.5, 0.6) is 0 Å². The Kier molecular flexibility index (Phi) is 9.05. The molecule has 3 rings (SSSR count). The Balaban J connectivity index is 0.00000408. The molecule has 1 aromatic heterocycles. The van der Waals surface area contributed by atoms with Gasteiger partial charge in [0.2, 0.25) is 11.8 Å². The van der Waals surface area contributed by atoms with Crippen molar-refractivity contribution >= 4 is 30.2 Å². The lowest BCUT2D eigenvalue weighted by Crippen LogP contribution is -2.44. The van der Waals surface area contributed by atoms with Gasteiger partial charge >= 0.3 is 12.2 Å². The number of nitrogens with zero attached hydrogens (tertiary/aromatic N) is 2. The van der Waals surface area contributed by atoms with Crippen LogP contribution in [-0.2, 0) is 9.53 Å². The van der Waals surface area contributed by atoms with Gasteiger partial charge in [0.05, 0.1) is 25.2 Å². The molecule has 1 aromatic rings. The van der Waals surface area contributed by atoms with Crippen molar-refractivity contribution in [2.75, 3.05) is 25.6 Å². The molecule has 0 spiro atoms. The third-order valence-corrected chi connectivity index (χ3v) is 6.03. The quantitative estimate of drug-likeness (QED) is 0.483. The average molecular weight is 516 g/mol. The number of ether oxygens (including phenoxy) is 1. The first kappa shape index (κ1) is 28.0. The number of aromatic nitrogens is 1. The molecule has 1 saturated heterocycles. The minimum absolute atomic E-state index is 0. The van der Waals surface area contributed by atoms with E-state index < -0.39 is 54.6 Å². The van der Waals surface area contributed by atoms with Crippen LogP contribution >= 0.6 is 12.4 Å². The fourth-order valence-corrected chi connectivity index (χ4v) is 4.10. The Labute approximate surface area is 199 Å². The van der Waals surface area contributed by atoms with Crippen molar-refractivity contribution in [1.82, 2.24) is 15.2 Å². The van der Waals surface area contributed by atoms with E-state index >= 15 is 0 Å². The molecular weight excluding hydrogens is 489 g/mol. The number of anilines is 1. The molecule has 2 aliphatic rings. The molecule has 0 aromatic carbocycles. The van der Waals surface area contributed by atoms with Crippen molar-refractivity contribution in [1.29, 1.82) is 0 Å². The smallest absolute Gasteiger partial charge is 0.382 e. The van der Waals surface area contributed by atoms with E-state index in [0.717, 1.165) is 4.90 Å². The second-order valence-electron chi connectivity index (χ2n) is 8.35. The third-order valence-electron chi connectivity index (χ3n) is 6.03. The highest BCUT2D eigenvalue weighted by molar-refractivity contribution is 5.94. The molecule has 0 radical (unpaired) electrons. The van der Waals surface area contributed by atoms with E-state index in [1.54, 1.807) is 0 Å². The van der Waals surface area contributed by atoms with E-state index in [9.17, 15) is 31.5 Å². The number of halogens is 6. The maximum atomic E-state index is 13.4. The molecule has 192 valence electrons. The number of nitrogens with two attached hydrogens (primary N) is 1. The lowest BCUT2D eigenvalue weighted by atomic mass is 9.82. The summed E-state index contributed by atoms with van der Waals surface area (Å²) < 4.78 is 71.0. The molecule has 4 N–H and O–H groups in total. The number of nitrogens with one attached hydrogen (secondary N) is 2. The molecule has 8 nitrogen and oxygen atoms in total. The fourth-order valence-electron chi connectivity index (χ4n) is 4.10. The molecule has 1 aliphatic heterocycles. The normalized spacial score (nSPS) is 22.5. The minimum atomic E-state index is -4.60. The van der Waals surface area contributed by atoms with Crippen molar-refractivity contribution < 1.29 is 36.3 Å². The lowest BCUT2D eigenvalue weighted by molar-refractivity contribution is -0.150. The Morgan fingerprint density at radius 3 is 2.59 bits per heavy atom. The summed E-state index contributed by atoms with van der Waals surface area (Å²) >= 11 is 0. The number of carbonyl (C=O) groups excluding carboxylic acids is 2. The molecule has 3 amide bonds. The molecule has 14 heteroatoms. The van der Waals surface area contributed by atoms with Crippen molar-refractivity contribution in [2.24, 2.45) is 11.7 Å². The van der Waals surface area contributed by atoms with Gasteiger partial charge in [-0.3, -0.25) is 4.79 Å². The largest absolute Gasteiger partial charge is 0.410 e. The van der Waals surface area contributed by atoms with Crippen molar-refractivity contribution in [3.05, 3.63) is 23.9 Å². The van der Waals surface area contributed by atoms with Gasteiger partial charge in [0.15, 0.2) is 0 Å². The predicted molar refractivity (Wildman–Crippen MR) is 115 cm³/mol.